The molecule has 2 fully saturated rings. The van der Waals surface area contributed by atoms with Gasteiger partial charge in [-0.15, -0.1) is 0 Å². The Labute approximate surface area is 117 Å². The highest BCUT2D eigenvalue weighted by molar-refractivity contribution is 5.23. The maximum atomic E-state index is 3.80. The van der Waals surface area contributed by atoms with Crippen molar-refractivity contribution in [2.45, 2.75) is 57.7 Å². The Kier molecular flexibility index (Phi) is 3.90. The first kappa shape index (κ1) is 13.1. The fourth-order valence-electron chi connectivity index (χ4n) is 3.13. The van der Waals surface area contributed by atoms with Crippen molar-refractivity contribution in [2.75, 3.05) is 13.1 Å². The zero-order valence-electron chi connectivity index (χ0n) is 12.2. The fourth-order valence-corrected chi connectivity index (χ4v) is 3.13. The Hall–Kier alpha value is -0.860. The predicted octanol–water partition coefficient (Wildman–Crippen LogP) is 3.27. The molecule has 0 spiro atoms. The van der Waals surface area contributed by atoms with Gasteiger partial charge >= 0.3 is 0 Å². The van der Waals surface area contributed by atoms with Crippen LogP contribution in [-0.4, -0.2) is 30.1 Å². The number of hydrogen-bond donors (Lipinski definition) is 1. The van der Waals surface area contributed by atoms with Crippen molar-refractivity contribution >= 4 is 0 Å². The minimum absolute atomic E-state index is 0.546. The Bertz CT molecular complexity index is 408. The summed E-state index contributed by atoms with van der Waals surface area (Å²) in [6, 6.07) is 11.1. The van der Waals surface area contributed by atoms with Crippen LogP contribution in [0.25, 0.3) is 0 Å². The minimum atomic E-state index is 0.546. The Morgan fingerprint density at radius 1 is 1.11 bits per heavy atom. The van der Waals surface area contributed by atoms with Crippen molar-refractivity contribution in [3.63, 3.8) is 0 Å². The number of hydrogen-bond acceptors (Lipinski definition) is 2. The number of likely N-dealkylation sites (tertiary alicyclic amines) is 1. The summed E-state index contributed by atoms with van der Waals surface area (Å²) in [5, 5.41) is 3.80. The van der Waals surface area contributed by atoms with Gasteiger partial charge in [-0.3, -0.25) is 4.90 Å². The molecule has 2 nitrogen and oxygen atoms in total. The molecule has 0 radical (unpaired) electrons. The summed E-state index contributed by atoms with van der Waals surface area (Å²) < 4.78 is 0. The van der Waals surface area contributed by atoms with E-state index in [0.29, 0.717) is 12.1 Å². The average Bonchev–Trinajstić information content (AvgIpc) is 3.23. The van der Waals surface area contributed by atoms with Gasteiger partial charge in [0.25, 0.3) is 0 Å². The second kappa shape index (κ2) is 5.64. The summed E-state index contributed by atoms with van der Waals surface area (Å²) >= 11 is 0. The standard InChI is InChI=1S/C17H26N2/c1-13-5-7-15(8-6-13)14(2)19-11-3-4-17(12-19)18-16-9-10-16/h5-8,14,16-18H,3-4,9-12H2,1-2H3. The Balaban J connectivity index is 1.61. The molecule has 2 atom stereocenters. The van der Waals surface area contributed by atoms with Crippen LogP contribution in [-0.2, 0) is 0 Å². The maximum Gasteiger partial charge on any atom is 0.0320 e. The molecule has 1 aliphatic heterocycles. The van der Waals surface area contributed by atoms with Crippen LogP contribution in [0.15, 0.2) is 24.3 Å². The molecule has 1 aromatic rings. The van der Waals surface area contributed by atoms with Crippen molar-refractivity contribution in [2.24, 2.45) is 0 Å². The predicted molar refractivity (Wildman–Crippen MR) is 80.3 cm³/mol. The van der Waals surface area contributed by atoms with Crippen LogP contribution in [0.4, 0.5) is 0 Å². The van der Waals surface area contributed by atoms with E-state index in [1.807, 2.05) is 0 Å². The van der Waals surface area contributed by atoms with E-state index in [4.69, 9.17) is 0 Å². The van der Waals surface area contributed by atoms with Crippen LogP contribution in [0.5, 0.6) is 0 Å². The highest BCUT2D eigenvalue weighted by Crippen LogP contribution is 2.26. The lowest BCUT2D eigenvalue weighted by atomic mass is 9.99. The van der Waals surface area contributed by atoms with E-state index in [9.17, 15) is 0 Å². The van der Waals surface area contributed by atoms with Gasteiger partial charge in [0.05, 0.1) is 0 Å². The number of nitrogens with one attached hydrogen (secondary N) is 1. The van der Waals surface area contributed by atoms with E-state index < -0.39 is 0 Å². The normalized spacial score (nSPS) is 26.3. The average molecular weight is 258 g/mol. The third-order valence-corrected chi connectivity index (χ3v) is 4.61. The van der Waals surface area contributed by atoms with E-state index in [2.05, 4.69) is 48.3 Å². The quantitative estimate of drug-likeness (QED) is 0.891. The summed E-state index contributed by atoms with van der Waals surface area (Å²) in [5.74, 6) is 0. The van der Waals surface area contributed by atoms with Crippen LogP contribution in [0.3, 0.4) is 0 Å². The molecular formula is C17H26N2. The molecule has 1 saturated carbocycles. The van der Waals surface area contributed by atoms with E-state index in [1.165, 1.54) is 49.9 Å². The van der Waals surface area contributed by atoms with Crippen LogP contribution in [0.1, 0.15) is 49.8 Å². The van der Waals surface area contributed by atoms with Gasteiger partial charge in [0.1, 0.15) is 0 Å². The van der Waals surface area contributed by atoms with Gasteiger partial charge in [0.2, 0.25) is 0 Å². The highest BCUT2D eigenvalue weighted by Gasteiger charge is 2.29. The number of rotatable bonds is 4. The van der Waals surface area contributed by atoms with Crippen molar-refractivity contribution in [3.8, 4) is 0 Å². The summed E-state index contributed by atoms with van der Waals surface area (Å²) in [4.78, 5) is 2.65. The van der Waals surface area contributed by atoms with Crippen LogP contribution in [0, 0.1) is 6.92 Å². The number of benzene rings is 1. The largest absolute Gasteiger partial charge is 0.310 e. The first-order chi connectivity index (χ1) is 9.22. The molecular weight excluding hydrogens is 232 g/mol. The smallest absolute Gasteiger partial charge is 0.0320 e. The molecule has 0 aromatic heterocycles. The molecule has 1 saturated heterocycles. The molecule has 3 rings (SSSR count). The molecule has 1 N–H and O–H groups in total. The summed E-state index contributed by atoms with van der Waals surface area (Å²) in [6.45, 7) is 6.97. The molecule has 104 valence electrons. The van der Waals surface area contributed by atoms with E-state index >= 15 is 0 Å². The zero-order chi connectivity index (χ0) is 13.2. The Morgan fingerprint density at radius 3 is 2.53 bits per heavy atom. The number of nitrogens with zero attached hydrogens (tertiary/aromatic N) is 1. The van der Waals surface area contributed by atoms with E-state index in [-0.39, 0.29) is 0 Å². The van der Waals surface area contributed by atoms with Gasteiger partial charge in [-0.2, -0.15) is 0 Å². The SMILES string of the molecule is Cc1ccc(C(C)N2CCCC(NC3CC3)C2)cc1. The van der Waals surface area contributed by atoms with Crippen LogP contribution < -0.4 is 5.32 Å². The van der Waals surface area contributed by atoms with Gasteiger partial charge < -0.3 is 5.32 Å². The molecule has 1 aliphatic carbocycles. The molecule has 19 heavy (non-hydrogen) atoms. The van der Waals surface area contributed by atoms with Crippen LogP contribution >= 0.6 is 0 Å². The summed E-state index contributed by atoms with van der Waals surface area (Å²) in [5.41, 5.74) is 2.81. The third-order valence-electron chi connectivity index (χ3n) is 4.61. The highest BCUT2D eigenvalue weighted by atomic mass is 15.2. The Morgan fingerprint density at radius 2 is 1.84 bits per heavy atom. The van der Waals surface area contributed by atoms with Gasteiger partial charge in [-0.1, -0.05) is 29.8 Å². The lowest BCUT2D eigenvalue weighted by molar-refractivity contribution is 0.145. The molecule has 2 unspecified atom stereocenters. The second-order valence-electron chi connectivity index (χ2n) is 6.36. The second-order valence-corrected chi connectivity index (χ2v) is 6.36. The van der Waals surface area contributed by atoms with E-state index in [0.717, 1.165) is 6.04 Å². The maximum absolute atomic E-state index is 3.80. The first-order valence-corrected chi connectivity index (χ1v) is 7.79. The van der Waals surface area contributed by atoms with Crippen molar-refractivity contribution in [1.82, 2.24) is 10.2 Å². The molecule has 2 aliphatic rings. The molecule has 0 amide bonds. The summed E-state index contributed by atoms with van der Waals surface area (Å²) in [7, 11) is 0. The molecule has 2 heteroatoms. The third kappa shape index (κ3) is 3.37. The lowest BCUT2D eigenvalue weighted by Crippen LogP contribution is -2.47. The van der Waals surface area contributed by atoms with Gasteiger partial charge in [0.15, 0.2) is 0 Å². The zero-order valence-corrected chi connectivity index (χ0v) is 12.2. The minimum Gasteiger partial charge on any atom is -0.310 e. The van der Waals surface area contributed by atoms with Crippen molar-refractivity contribution in [3.05, 3.63) is 35.4 Å². The monoisotopic (exact) mass is 258 g/mol. The lowest BCUT2D eigenvalue weighted by Gasteiger charge is -2.37. The molecule has 1 heterocycles. The van der Waals surface area contributed by atoms with Gasteiger partial charge in [-0.25, -0.2) is 0 Å². The van der Waals surface area contributed by atoms with Gasteiger partial charge in [-0.05, 0) is 51.6 Å². The van der Waals surface area contributed by atoms with Crippen LogP contribution in [0.2, 0.25) is 0 Å². The fraction of sp³-hybridized carbons (Fsp3) is 0.647. The van der Waals surface area contributed by atoms with Gasteiger partial charge in [0, 0.05) is 24.7 Å². The first-order valence-electron chi connectivity index (χ1n) is 7.79. The molecule has 0 bridgehead atoms. The topological polar surface area (TPSA) is 15.3 Å². The molecule has 1 aromatic carbocycles. The number of piperidine rings is 1. The van der Waals surface area contributed by atoms with Crippen molar-refractivity contribution < 1.29 is 0 Å². The van der Waals surface area contributed by atoms with E-state index in [1.54, 1.807) is 0 Å². The van der Waals surface area contributed by atoms with Crippen molar-refractivity contribution in [1.29, 1.82) is 0 Å². The summed E-state index contributed by atoms with van der Waals surface area (Å²) in [6.07, 6.45) is 5.47. The number of aryl methyl sites for hydroxylation is 1.